The van der Waals surface area contributed by atoms with Crippen molar-refractivity contribution in [2.75, 3.05) is 6.61 Å². The standard InChI is InChI=1S/C52H99NO5/c1-4-7-10-13-16-19-22-24-25-27-30-33-36-39-42-45-52(57)58-48(43-40-37-34-31-29-26-23-20-17-14-11-8-5-2)46-51(56)53-49(47-54)50(55)44-41-38-35-32-28-21-18-15-12-9-6-3/h17,20,23,26,48-50,54-55H,4-16,18-19,21-22,24-25,27-47H2,1-3H3,(H,53,56)/b20-17+,26-23+. The number of amides is 1. The van der Waals surface area contributed by atoms with Crippen molar-refractivity contribution in [1.29, 1.82) is 0 Å². The molecule has 0 bridgehead atoms. The lowest BCUT2D eigenvalue weighted by atomic mass is 10.0. The number of allylic oxidation sites excluding steroid dienone is 4. The molecule has 0 aliphatic carbocycles. The molecule has 3 N–H and O–H groups in total. The number of aliphatic hydroxyl groups is 2. The number of rotatable bonds is 46. The maximum atomic E-state index is 13.2. The van der Waals surface area contributed by atoms with Crippen LogP contribution < -0.4 is 5.32 Å². The Hall–Kier alpha value is -1.66. The molecule has 1 amide bonds. The van der Waals surface area contributed by atoms with Crippen LogP contribution in [0.2, 0.25) is 0 Å². The fraction of sp³-hybridized carbons (Fsp3) is 0.885. The van der Waals surface area contributed by atoms with E-state index >= 15 is 0 Å². The number of hydrogen-bond donors (Lipinski definition) is 3. The predicted molar refractivity (Wildman–Crippen MR) is 250 cm³/mol. The average molecular weight is 818 g/mol. The fourth-order valence-corrected chi connectivity index (χ4v) is 7.89. The molecule has 0 aliphatic rings. The van der Waals surface area contributed by atoms with Crippen molar-refractivity contribution in [3.8, 4) is 0 Å². The Balaban J connectivity index is 4.57. The topological polar surface area (TPSA) is 95.9 Å². The lowest BCUT2D eigenvalue weighted by Gasteiger charge is -2.24. The average Bonchev–Trinajstić information content (AvgIpc) is 3.22. The van der Waals surface area contributed by atoms with E-state index in [1.54, 1.807) is 0 Å². The lowest BCUT2D eigenvalue weighted by molar-refractivity contribution is -0.151. The first kappa shape index (κ1) is 56.3. The maximum absolute atomic E-state index is 13.2. The number of esters is 1. The molecule has 0 fully saturated rings. The molecule has 0 aromatic heterocycles. The number of ether oxygens (including phenoxy) is 1. The van der Waals surface area contributed by atoms with E-state index in [2.05, 4.69) is 50.4 Å². The van der Waals surface area contributed by atoms with Gasteiger partial charge in [-0.2, -0.15) is 0 Å². The Bertz CT molecular complexity index is 919. The van der Waals surface area contributed by atoms with Crippen molar-refractivity contribution in [2.45, 2.75) is 289 Å². The van der Waals surface area contributed by atoms with Crippen molar-refractivity contribution in [3.63, 3.8) is 0 Å². The Morgan fingerprint density at radius 3 is 1.31 bits per heavy atom. The van der Waals surface area contributed by atoms with E-state index in [9.17, 15) is 19.8 Å². The van der Waals surface area contributed by atoms with Crippen LogP contribution in [0.15, 0.2) is 24.3 Å². The van der Waals surface area contributed by atoms with Crippen LogP contribution in [0, 0.1) is 0 Å². The van der Waals surface area contributed by atoms with Gasteiger partial charge in [-0.1, -0.05) is 231 Å². The van der Waals surface area contributed by atoms with Crippen LogP contribution in [0.25, 0.3) is 0 Å². The number of unbranched alkanes of at least 4 members (excludes halogenated alkanes) is 31. The van der Waals surface area contributed by atoms with Gasteiger partial charge in [0.25, 0.3) is 0 Å². The number of aliphatic hydroxyl groups excluding tert-OH is 2. The van der Waals surface area contributed by atoms with Crippen LogP contribution in [0.1, 0.15) is 271 Å². The van der Waals surface area contributed by atoms with Crippen LogP contribution in [-0.4, -0.2) is 46.9 Å². The van der Waals surface area contributed by atoms with E-state index in [-0.39, 0.29) is 24.9 Å². The van der Waals surface area contributed by atoms with Crippen LogP contribution in [0.3, 0.4) is 0 Å². The second-order valence-corrected chi connectivity index (χ2v) is 17.6. The second kappa shape index (κ2) is 46.4. The van der Waals surface area contributed by atoms with E-state index in [1.807, 2.05) is 0 Å². The SMILES string of the molecule is CCCCC/C=C/C=C/CCCCCCC(CC(=O)NC(CO)C(O)CCCCCCCCCCCCC)OC(=O)CCCCCCCCCCCCCCCCC. The van der Waals surface area contributed by atoms with Gasteiger partial charge in [0.2, 0.25) is 5.91 Å². The summed E-state index contributed by atoms with van der Waals surface area (Å²) in [4.78, 5) is 26.1. The predicted octanol–water partition coefficient (Wildman–Crippen LogP) is 15.1. The Labute approximate surface area is 361 Å². The van der Waals surface area contributed by atoms with Gasteiger partial charge in [0.1, 0.15) is 6.10 Å². The van der Waals surface area contributed by atoms with Crippen LogP contribution >= 0.6 is 0 Å². The Kier molecular flexibility index (Phi) is 45.1. The molecule has 0 aliphatic heterocycles. The molecule has 342 valence electrons. The highest BCUT2D eigenvalue weighted by Crippen LogP contribution is 2.18. The minimum Gasteiger partial charge on any atom is -0.462 e. The molecular weight excluding hydrogens is 719 g/mol. The van der Waals surface area contributed by atoms with Crippen molar-refractivity contribution in [1.82, 2.24) is 5.32 Å². The lowest BCUT2D eigenvalue weighted by Crippen LogP contribution is -2.46. The molecule has 0 spiro atoms. The third kappa shape index (κ3) is 41.1. The molecular formula is C52H99NO5. The number of nitrogens with one attached hydrogen (secondary N) is 1. The van der Waals surface area contributed by atoms with Crippen LogP contribution in [0.4, 0.5) is 0 Å². The van der Waals surface area contributed by atoms with E-state index in [0.717, 1.165) is 77.0 Å². The largest absolute Gasteiger partial charge is 0.462 e. The van der Waals surface area contributed by atoms with Crippen molar-refractivity contribution >= 4 is 11.9 Å². The molecule has 6 heteroatoms. The van der Waals surface area contributed by atoms with Gasteiger partial charge < -0.3 is 20.3 Å². The third-order valence-corrected chi connectivity index (χ3v) is 11.8. The summed E-state index contributed by atoms with van der Waals surface area (Å²) in [6, 6.07) is -0.702. The second-order valence-electron chi connectivity index (χ2n) is 17.6. The molecule has 0 radical (unpaired) electrons. The summed E-state index contributed by atoms with van der Waals surface area (Å²) in [7, 11) is 0. The summed E-state index contributed by atoms with van der Waals surface area (Å²) in [5, 5.41) is 23.7. The first-order valence-electron chi connectivity index (χ1n) is 25.6. The molecule has 0 saturated heterocycles. The third-order valence-electron chi connectivity index (χ3n) is 11.8. The van der Waals surface area contributed by atoms with Gasteiger partial charge in [-0.25, -0.2) is 0 Å². The quantitative estimate of drug-likeness (QED) is 0.0323. The van der Waals surface area contributed by atoms with Gasteiger partial charge >= 0.3 is 5.97 Å². The molecule has 0 heterocycles. The van der Waals surface area contributed by atoms with Crippen LogP contribution in [0.5, 0.6) is 0 Å². The van der Waals surface area contributed by atoms with Gasteiger partial charge in [-0.15, -0.1) is 0 Å². The zero-order chi connectivity index (χ0) is 42.4. The smallest absolute Gasteiger partial charge is 0.306 e. The molecule has 3 atom stereocenters. The van der Waals surface area contributed by atoms with Gasteiger partial charge in [-0.3, -0.25) is 9.59 Å². The van der Waals surface area contributed by atoms with E-state index in [1.165, 1.54) is 148 Å². The first-order chi connectivity index (χ1) is 28.5. The molecule has 3 unspecified atom stereocenters. The summed E-state index contributed by atoms with van der Waals surface area (Å²) in [6.45, 7) is 6.45. The summed E-state index contributed by atoms with van der Waals surface area (Å²) in [5.74, 6) is -0.481. The van der Waals surface area contributed by atoms with Crippen LogP contribution in [-0.2, 0) is 14.3 Å². The van der Waals surface area contributed by atoms with Crippen molar-refractivity contribution in [3.05, 3.63) is 24.3 Å². The first-order valence-corrected chi connectivity index (χ1v) is 25.6. The molecule has 6 nitrogen and oxygen atoms in total. The summed E-state index contributed by atoms with van der Waals surface area (Å²) >= 11 is 0. The van der Waals surface area contributed by atoms with Crippen molar-refractivity contribution in [2.24, 2.45) is 0 Å². The maximum Gasteiger partial charge on any atom is 0.306 e. The highest BCUT2D eigenvalue weighted by Gasteiger charge is 2.24. The zero-order valence-electron chi connectivity index (χ0n) is 38.9. The zero-order valence-corrected chi connectivity index (χ0v) is 38.9. The highest BCUT2D eigenvalue weighted by atomic mass is 16.5. The molecule has 0 saturated carbocycles. The molecule has 0 aromatic carbocycles. The number of carbonyl (C=O) groups is 2. The summed E-state index contributed by atoms with van der Waals surface area (Å²) < 4.78 is 5.92. The normalized spacial score (nSPS) is 13.4. The minimum atomic E-state index is -0.788. The monoisotopic (exact) mass is 818 g/mol. The highest BCUT2D eigenvalue weighted by molar-refractivity contribution is 5.77. The molecule has 0 aromatic rings. The van der Waals surface area contributed by atoms with Gasteiger partial charge in [0, 0.05) is 6.42 Å². The van der Waals surface area contributed by atoms with E-state index < -0.39 is 18.2 Å². The number of hydrogen-bond acceptors (Lipinski definition) is 5. The minimum absolute atomic E-state index is 0.0690. The number of carbonyl (C=O) groups excluding carboxylic acids is 2. The van der Waals surface area contributed by atoms with Gasteiger partial charge in [0.05, 0.1) is 25.2 Å². The fourth-order valence-electron chi connectivity index (χ4n) is 7.89. The van der Waals surface area contributed by atoms with Gasteiger partial charge in [0.15, 0.2) is 0 Å². The van der Waals surface area contributed by atoms with Gasteiger partial charge in [-0.05, 0) is 51.4 Å². The Morgan fingerprint density at radius 2 is 0.862 bits per heavy atom. The van der Waals surface area contributed by atoms with E-state index in [4.69, 9.17) is 4.74 Å². The van der Waals surface area contributed by atoms with Crippen molar-refractivity contribution < 1.29 is 24.5 Å². The van der Waals surface area contributed by atoms with E-state index in [0.29, 0.717) is 19.3 Å². The summed E-state index contributed by atoms with van der Waals surface area (Å²) in [6.07, 6.45) is 52.3. The molecule has 0 rings (SSSR count). The summed E-state index contributed by atoms with van der Waals surface area (Å²) in [5.41, 5.74) is 0. The molecule has 58 heavy (non-hydrogen) atoms. The Morgan fingerprint density at radius 1 is 0.500 bits per heavy atom.